The first-order valence-corrected chi connectivity index (χ1v) is 3.87. The van der Waals surface area contributed by atoms with Crippen LogP contribution in [0.4, 0.5) is 8.78 Å². The van der Waals surface area contributed by atoms with E-state index in [4.69, 9.17) is 5.21 Å². The molecule has 0 amide bonds. The lowest BCUT2D eigenvalue weighted by Crippen LogP contribution is -2.06. The summed E-state index contributed by atoms with van der Waals surface area (Å²) in [4.78, 5) is 11.3. The molecule has 0 unspecified atom stereocenters. The summed E-state index contributed by atoms with van der Waals surface area (Å²) in [6, 6.07) is 1.64. The van der Waals surface area contributed by atoms with Gasteiger partial charge in [-0.25, -0.2) is 8.78 Å². The summed E-state index contributed by atoms with van der Waals surface area (Å²) in [6.07, 6.45) is -0.0865. The number of hydrogen-bond donors (Lipinski definition) is 1. The van der Waals surface area contributed by atoms with Crippen LogP contribution < -0.4 is 0 Å². The lowest BCUT2D eigenvalue weighted by Gasteiger charge is -1.97. The van der Waals surface area contributed by atoms with E-state index in [9.17, 15) is 13.6 Å². The Morgan fingerprint density at radius 3 is 2.71 bits per heavy atom. The van der Waals surface area contributed by atoms with Gasteiger partial charge >= 0.3 is 0 Å². The topological polar surface area (TPSA) is 49.7 Å². The van der Waals surface area contributed by atoms with Crippen LogP contribution in [0, 0.1) is 11.6 Å². The van der Waals surface area contributed by atoms with E-state index in [2.05, 4.69) is 5.16 Å². The molecule has 1 aliphatic rings. The van der Waals surface area contributed by atoms with E-state index in [1.165, 1.54) is 0 Å². The minimum atomic E-state index is -0.811. The predicted octanol–water partition coefficient (Wildman–Crippen LogP) is 1.53. The van der Waals surface area contributed by atoms with Crippen molar-refractivity contribution < 1.29 is 18.8 Å². The largest absolute Gasteiger partial charge is 0.411 e. The van der Waals surface area contributed by atoms with Crippen LogP contribution in [0.2, 0.25) is 0 Å². The van der Waals surface area contributed by atoms with Crippen molar-refractivity contribution in [1.29, 1.82) is 0 Å². The molecule has 72 valence electrons. The summed E-state index contributed by atoms with van der Waals surface area (Å²) in [5, 5.41) is 11.2. The number of oxime groups is 1. The highest BCUT2D eigenvalue weighted by Crippen LogP contribution is 2.24. The van der Waals surface area contributed by atoms with Crippen LogP contribution in [0.1, 0.15) is 15.9 Å². The lowest BCUT2D eigenvalue weighted by molar-refractivity contribution is 0.106. The van der Waals surface area contributed by atoms with E-state index in [0.29, 0.717) is 6.07 Å². The number of carbonyl (C=O) groups excluding carboxylic acids is 1. The van der Waals surface area contributed by atoms with Crippen LogP contribution in [0.3, 0.4) is 0 Å². The predicted molar refractivity (Wildman–Crippen MR) is 43.6 cm³/mol. The summed E-state index contributed by atoms with van der Waals surface area (Å²) in [5.41, 5.74) is -0.135. The fourth-order valence-electron chi connectivity index (χ4n) is 1.47. The lowest BCUT2D eigenvalue weighted by atomic mass is 10.1. The zero-order chi connectivity index (χ0) is 10.3. The molecule has 1 aromatic rings. The van der Waals surface area contributed by atoms with E-state index in [0.717, 1.165) is 6.07 Å². The molecule has 5 heteroatoms. The number of hydrogen-bond acceptors (Lipinski definition) is 3. The Balaban J connectivity index is 2.65. The smallest absolute Gasteiger partial charge is 0.211 e. The van der Waals surface area contributed by atoms with Crippen molar-refractivity contribution in [2.45, 2.75) is 6.42 Å². The van der Waals surface area contributed by atoms with Crippen molar-refractivity contribution in [3.05, 3.63) is 34.9 Å². The summed E-state index contributed by atoms with van der Waals surface area (Å²) in [7, 11) is 0. The fourth-order valence-corrected chi connectivity index (χ4v) is 1.47. The van der Waals surface area contributed by atoms with Gasteiger partial charge in [0.15, 0.2) is 0 Å². The summed E-state index contributed by atoms with van der Waals surface area (Å²) in [5.74, 6) is -2.22. The van der Waals surface area contributed by atoms with Crippen LogP contribution in [0.15, 0.2) is 17.3 Å². The van der Waals surface area contributed by atoms with Crippen LogP contribution in [0.5, 0.6) is 0 Å². The van der Waals surface area contributed by atoms with Gasteiger partial charge in [0.25, 0.3) is 0 Å². The molecule has 0 aliphatic heterocycles. The molecular formula is C9H5F2NO2. The average molecular weight is 197 g/mol. The normalized spacial score (nSPS) is 17.6. The fraction of sp³-hybridized carbons (Fsp3) is 0.111. The number of ketones is 1. The Morgan fingerprint density at radius 2 is 2.07 bits per heavy atom. The van der Waals surface area contributed by atoms with E-state index in [1.807, 2.05) is 0 Å². The highest BCUT2D eigenvalue weighted by molar-refractivity contribution is 6.49. The molecule has 0 aromatic heterocycles. The first kappa shape index (κ1) is 8.80. The molecule has 14 heavy (non-hydrogen) atoms. The SMILES string of the molecule is O=C1/C(=N/O)Cc2c(F)cc(F)cc21. The highest BCUT2D eigenvalue weighted by Gasteiger charge is 2.30. The summed E-state index contributed by atoms with van der Waals surface area (Å²) >= 11 is 0. The second kappa shape index (κ2) is 2.87. The van der Waals surface area contributed by atoms with Gasteiger partial charge in [0, 0.05) is 23.6 Å². The molecular weight excluding hydrogens is 192 g/mol. The third-order valence-electron chi connectivity index (χ3n) is 2.13. The van der Waals surface area contributed by atoms with Gasteiger partial charge < -0.3 is 5.21 Å². The highest BCUT2D eigenvalue weighted by atomic mass is 19.1. The van der Waals surface area contributed by atoms with Crippen LogP contribution >= 0.6 is 0 Å². The third-order valence-corrected chi connectivity index (χ3v) is 2.13. The zero-order valence-electron chi connectivity index (χ0n) is 6.92. The summed E-state index contributed by atoms with van der Waals surface area (Å²) < 4.78 is 25.8. The molecule has 3 nitrogen and oxygen atoms in total. The Morgan fingerprint density at radius 1 is 1.36 bits per heavy atom. The minimum absolute atomic E-state index is 0.0599. The van der Waals surface area contributed by atoms with Crippen molar-refractivity contribution >= 4 is 11.5 Å². The van der Waals surface area contributed by atoms with E-state index < -0.39 is 17.4 Å². The van der Waals surface area contributed by atoms with Gasteiger partial charge in [-0.3, -0.25) is 4.79 Å². The molecule has 0 saturated heterocycles. The first-order valence-electron chi connectivity index (χ1n) is 3.87. The van der Waals surface area contributed by atoms with Crippen molar-refractivity contribution in [3.63, 3.8) is 0 Å². The second-order valence-corrected chi connectivity index (χ2v) is 2.97. The van der Waals surface area contributed by atoms with Crippen molar-refractivity contribution in [1.82, 2.24) is 0 Å². The Kier molecular flexibility index (Phi) is 1.80. The zero-order valence-corrected chi connectivity index (χ0v) is 6.92. The number of halogens is 2. The molecule has 0 fully saturated rings. The van der Waals surface area contributed by atoms with E-state index in [-0.39, 0.29) is 23.3 Å². The van der Waals surface area contributed by atoms with E-state index >= 15 is 0 Å². The Bertz CT molecular complexity index is 454. The van der Waals surface area contributed by atoms with Gasteiger partial charge in [-0.2, -0.15) is 0 Å². The van der Waals surface area contributed by atoms with Gasteiger partial charge in [0.05, 0.1) is 0 Å². The Labute approximate surface area is 77.7 Å². The number of fused-ring (bicyclic) bond motifs is 1. The molecule has 0 spiro atoms. The number of benzene rings is 1. The maximum atomic E-state index is 13.1. The minimum Gasteiger partial charge on any atom is -0.411 e. The molecule has 0 radical (unpaired) electrons. The molecule has 0 heterocycles. The number of Topliss-reactive ketones (excluding diaryl/α,β-unsaturated/α-hetero) is 1. The van der Waals surface area contributed by atoms with Crippen molar-refractivity contribution in [2.75, 3.05) is 0 Å². The molecule has 1 aliphatic carbocycles. The summed E-state index contributed by atoms with van der Waals surface area (Å²) in [6.45, 7) is 0. The van der Waals surface area contributed by atoms with Crippen LogP contribution in [-0.4, -0.2) is 16.7 Å². The second-order valence-electron chi connectivity index (χ2n) is 2.97. The number of nitrogens with zero attached hydrogens (tertiary/aromatic N) is 1. The van der Waals surface area contributed by atoms with Crippen molar-refractivity contribution in [3.8, 4) is 0 Å². The maximum absolute atomic E-state index is 13.1. The van der Waals surface area contributed by atoms with Gasteiger partial charge in [-0.15, -0.1) is 0 Å². The van der Waals surface area contributed by atoms with E-state index in [1.54, 1.807) is 0 Å². The monoisotopic (exact) mass is 197 g/mol. The molecule has 0 atom stereocenters. The Hall–Kier alpha value is -1.78. The molecule has 1 aromatic carbocycles. The standard InChI is InChI=1S/C9H5F2NO2/c10-4-1-6-5(7(11)2-4)3-8(12-14)9(6)13/h1-2,14H,3H2/b12-8+. The molecule has 2 rings (SSSR count). The molecule has 0 bridgehead atoms. The van der Waals surface area contributed by atoms with Gasteiger partial charge in [0.2, 0.25) is 5.78 Å². The average Bonchev–Trinajstić information content (AvgIpc) is 2.44. The number of rotatable bonds is 0. The quantitative estimate of drug-likeness (QED) is 0.506. The maximum Gasteiger partial charge on any atom is 0.211 e. The van der Waals surface area contributed by atoms with Gasteiger partial charge in [-0.1, -0.05) is 5.16 Å². The third kappa shape index (κ3) is 1.09. The first-order chi connectivity index (χ1) is 6.63. The molecule has 1 N–H and O–H groups in total. The van der Waals surface area contributed by atoms with Gasteiger partial charge in [-0.05, 0) is 6.07 Å². The van der Waals surface area contributed by atoms with Crippen LogP contribution in [0.25, 0.3) is 0 Å². The van der Waals surface area contributed by atoms with Gasteiger partial charge in [0.1, 0.15) is 17.3 Å². The molecule has 0 saturated carbocycles. The van der Waals surface area contributed by atoms with Crippen molar-refractivity contribution in [2.24, 2.45) is 5.16 Å². The van der Waals surface area contributed by atoms with Crippen LogP contribution in [-0.2, 0) is 6.42 Å². The number of carbonyl (C=O) groups is 1.